The molecule has 0 bridgehead atoms. The molecule has 0 spiro atoms. The predicted octanol–water partition coefficient (Wildman–Crippen LogP) is 2.00. The lowest BCUT2D eigenvalue weighted by Crippen LogP contribution is -2.51. The summed E-state index contributed by atoms with van der Waals surface area (Å²) in [4.78, 5) is 41.2. The number of amides is 3. The molecular weight excluding hydrogens is 410 g/mol. The van der Waals surface area contributed by atoms with Gasteiger partial charge >= 0.3 is 0 Å². The van der Waals surface area contributed by atoms with E-state index in [0.29, 0.717) is 50.5 Å². The zero-order valence-electron chi connectivity index (χ0n) is 19.4. The standard InChI is InChI=1S/C24H35N3O5/c1-4-6-22(28)25-19-7-5-11-27(16-19)24(30)18-14-23(29)26(15-18)12-10-17-8-9-20(31-2)21(13-17)32-3/h8-9,13,18-19H,4-7,10-12,14-16H2,1-3H3,(H,25,28). The SMILES string of the molecule is CCCC(=O)NC1CCCN(C(=O)C2CC(=O)N(CCc3ccc(OC)c(OC)c3)C2)C1. The number of likely N-dealkylation sites (tertiary alicyclic amines) is 2. The van der Waals surface area contributed by atoms with Crippen molar-refractivity contribution in [2.24, 2.45) is 5.92 Å². The maximum absolute atomic E-state index is 13.1. The van der Waals surface area contributed by atoms with Crippen molar-refractivity contribution in [2.45, 2.75) is 51.5 Å². The van der Waals surface area contributed by atoms with E-state index in [4.69, 9.17) is 9.47 Å². The highest BCUT2D eigenvalue weighted by Gasteiger charge is 2.37. The molecule has 1 aromatic rings. The highest BCUT2D eigenvalue weighted by atomic mass is 16.5. The van der Waals surface area contributed by atoms with Crippen LogP contribution < -0.4 is 14.8 Å². The number of methoxy groups -OCH3 is 2. The second-order valence-corrected chi connectivity index (χ2v) is 8.62. The normalized spacial score (nSPS) is 20.9. The number of carbonyl (C=O) groups excluding carboxylic acids is 3. The molecule has 0 radical (unpaired) electrons. The van der Waals surface area contributed by atoms with E-state index < -0.39 is 0 Å². The molecule has 0 aromatic heterocycles. The Bertz CT molecular complexity index is 828. The molecule has 3 amide bonds. The summed E-state index contributed by atoms with van der Waals surface area (Å²) in [6, 6.07) is 5.75. The van der Waals surface area contributed by atoms with Gasteiger partial charge in [-0.05, 0) is 43.4 Å². The molecule has 2 fully saturated rings. The lowest BCUT2D eigenvalue weighted by Gasteiger charge is -2.34. The first-order valence-corrected chi connectivity index (χ1v) is 11.5. The Morgan fingerprint density at radius 1 is 1.16 bits per heavy atom. The Morgan fingerprint density at radius 2 is 1.94 bits per heavy atom. The summed E-state index contributed by atoms with van der Waals surface area (Å²) in [6.45, 7) is 4.21. The molecule has 176 valence electrons. The van der Waals surface area contributed by atoms with Gasteiger partial charge in [0.05, 0.1) is 20.1 Å². The van der Waals surface area contributed by atoms with E-state index in [9.17, 15) is 14.4 Å². The van der Waals surface area contributed by atoms with Crippen molar-refractivity contribution < 1.29 is 23.9 Å². The highest BCUT2D eigenvalue weighted by Crippen LogP contribution is 2.28. The first kappa shape index (κ1) is 23.9. The van der Waals surface area contributed by atoms with E-state index in [1.54, 1.807) is 19.1 Å². The minimum absolute atomic E-state index is 0.00464. The zero-order valence-corrected chi connectivity index (χ0v) is 19.4. The fraction of sp³-hybridized carbons (Fsp3) is 0.625. The van der Waals surface area contributed by atoms with Crippen LogP contribution in [0, 0.1) is 5.92 Å². The number of hydrogen-bond donors (Lipinski definition) is 1. The number of ether oxygens (including phenoxy) is 2. The third kappa shape index (κ3) is 5.93. The van der Waals surface area contributed by atoms with Gasteiger partial charge in [0.1, 0.15) is 0 Å². The molecule has 2 aliphatic heterocycles. The zero-order chi connectivity index (χ0) is 23.1. The molecule has 0 saturated carbocycles. The van der Waals surface area contributed by atoms with Crippen LogP contribution in [-0.4, -0.2) is 74.0 Å². The van der Waals surface area contributed by atoms with Gasteiger partial charge < -0.3 is 24.6 Å². The van der Waals surface area contributed by atoms with Gasteiger partial charge in [-0.2, -0.15) is 0 Å². The second-order valence-electron chi connectivity index (χ2n) is 8.62. The molecule has 2 heterocycles. The molecule has 2 saturated heterocycles. The maximum Gasteiger partial charge on any atom is 0.228 e. The smallest absolute Gasteiger partial charge is 0.228 e. The monoisotopic (exact) mass is 445 g/mol. The Hall–Kier alpha value is -2.77. The van der Waals surface area contributed by atoms with Crippen molar-refractivity contribution in [2.75, 3.05) is 40.4 Å². The van der Waals surface area contributed by atoms with Crippen LogP contribution in [0.4, 0.5) is 0 Å². The van der Waals surface area contributed by atoms with Crippen LogP contribution in [0.3, 0.4) is 0 Å². The topological polar surface area (TPSA) is 88.2 Å². The van der Waals surface area contributed by atoms with Crippen LogP contribution in [0.2, 0.25) is 0 Å². The molecule has 32 heavy (non-hydrogen) atoms. The summed E-state index contributed by atoms with van der Waals surface area (Å²) < 4.78 is 10.6. The van der Waals surface area contributed by atoms with Crippen molar-refractivity contribution >= 4 is 17.7 Å². The molecule has 3 rings (SSSR count). The van der Waals surface area contributed by atoms with Crippen molar-refractivity contribution in [1.29, 1.82) is 0 Å². The third-order valence-corrected chi connectivity index (χ3v) is 6.26. The van der Waals surface area contributed by atoms with Crippen molar-refractivity contribution in [3.05, 3.63) is 23.8 Å². The molecule has 8 heteroatoms. The summed E-state index contributed by atoms with van der Waals surface area (Å²) in [6.07, 6.45) is 4.02. The Balaban J connectivity index is 1.52. The average Bonchev–Trinajstić information content (AvgIpc) is 3.17. The molecule has 2 atom stereocenters. The van der Waals surface area contributed by atoms with Crippen molar-refractivity contribution in [3.8, 4) is 11.5 Å². The van der Waals surface area contributed by atoms with Crippen LogP contribution in [0.15, 0.2) is 18.2 Å². The average molecular weight is 446 g/mol. The van der Waals surface area contributed by atoms with Crippen LogP contribution in [0.5, 0.6) is 11.5 Å². The largest absolute Gasteiger partial charge is 0.493 e. The second kappa shape index (κ2) is 11.2. The fourth-order valence-electron chi connectivity index (χ4n) is 4.53. The number of hydrogen-bond acceptors (Lipinski definition) is 5. The molecule has 0 aliphatic carbocycles. The van der Waals surface area contributed by atoms with E-state index in [2.05, 4.69) is 5.32 Å². The van der Waals surface area contributed by atoms with Crippen LogP contribution >= 0.6 is 0 Å². The van der Waals surface area contributed by atoms with Gasteiger partial charge in [-0.15, -0.1) is 0 Å². The Labute approximate surface area is 190 Å². The van der Waals surface area contributed by atoms with Crippen LogP contribution in [0.1, 0.15) is 44.6 Å². The number of rotatable bonds is 9. The van der Waals surface area contributed by atoms with Gasteiger partial charge in [-0.25, -0.2) is 0 Å². The maximum atomic E-state index is 13.1. The summed E-state index contributed by atoms with van der Waals surface area (Å²) in [5.41, 5.74) is 1.05. The van der Waals surface area contributed by atoms with Crippen molar-refractivity contribution in [1.82, 2.24) is 15.1 Å². The molecule has 1 aromatic carbocycles. The minimum Gasteiger partial charge on any atom is -0.493 e. The van der Waals surface area contributed by atoms with Crippen molar-refractivity contribution in [3.63, 3.8) is 0 Å². The van der Waals surface area contributed by atoms with Gasteiger partial charge in [0.25, 0.3) is 0 Å². The molecule has 8 nitrogen and oxygen atoms in total. The van der Waals surface area contributed by atoms with Crippen LogP contribution in [0.25, 0.3) is 0 Å². The number of benzene rings is 1. The van der Waals surface area contributed by atoms with Crippen LogP contribution in [-0.2, 0) is 20.8 Å². The number of nitrogens with one attached hydrogen (secondary N) is 1. The number of piperidine rings is 1. The van der Waals surface area contributed by atoms with E-state index in [1.807, 2.05) is 30.0 Å². The highest BCUT2D eigenvalue weighted by molar-refractivity contribution is 5.89. The molecule has 2 aliphatic rings. The van der Waals surface area contributed by atoms with E-state index >= 15 is 0 Å². The fourth-order valence-corrected chi connectivity index (χ4v) is 4.53. The summed E-state index contributed by atoms with van der Waals surface area (Å²) in [5.74, 6) is 1.12. The minimum atomic E-state index is -0.307. The summed E-state index contributed by atoms with van der Waals surface area (Å²) in [7, 11) is 3.20. The summed E-state index contributed by atoms with van der Waals surface area (Å²) in [5, 5.41) is 3.04. The first-order chi connectivity index (χ1) is 15.4. The number of nitrogens with zero attached hydrogens (tertiary/aromatic N) is 2. The summed E-state index contributed by atoms with van der Waals surface area (Å²) >= 11 is 0. The van der Waals surface area contributed by atoms with Gasteiger partial charge in [0.15, 0.2) is 11.5 Å². The third-order valence-electron chi connectivity index (χ3n) is 6.26. The molecule has 2 unspecified atom stereocenters. The van der Waals surface area contributed by atoms with Gasteiger partial charge in [-0.1, -0.05) is 13.0 Å². The Kier molecular flexibility index (Phi) is 8.36. The predicted molar refractivity (Wildman–Crippen MR) is 121 cm³/mol. The van der Waals surface area contributed by atoms with E-state index in [1.165, 1.54) is 0 Å². The van der Waals surface area contributed by atoms with Gasteiger partial charge in [-0.3, -0.25) is 14.4 Å². The molecular formula is C24H35N3O5. The van der Waals surface area contributed by atoms with Gasteiger partial charge in [0.2, 0.25) is 17.7 Å². The van der Waals surface area contributed by atoms with E-state index in [0.717, 1.165) is 24.8 Å². The lowest BCUT2D eigenvalue weighted by atomic mass is 10.0. The van der Waals surface area contributed by atoms with E-state index in [-0.39, 0.29) is 36.1 Å². The van der Waals surface area contributed by atoms with Gasteiger partial charge in [0, 0.05) is 45.1 Å². The quantitative estimate of drug-likeness (QED) is 0.628. The first-order valence-electron chi connectivity index (χ1n) is 11.5. The Morgan fingerprint density at radius 3 is 2.66 bits per heavy atom. The lowest BCUT2D eigenvalue weighted by molar-refractivity contribution is -0.137. The molecule has 1 N–H and O–H groups in total. The number of carbonyl (C=O) groups is 3.